The predicted molar refractivity (Wildman–Crippen MR) is 74.9 cm³/mol. The van der Waals surface area contributed by atoms with Gasteiger partial charge in [0.05, 0.1) is 16.7 Å². The highest BCUT2D eigenvalue weighted by atomic mass is 31.1. The Balaban J connectivity index is 2.40. The second-order valence-electron chi connectivity index (χ2n) is 3.86. The van der Waals surface area contributed by atoms with Crippen molar-refractivity contribution in [3.05, 3.63) is 59.2 Å². The van der Waals surface area contributed by atoms with E-state index in [0.29, 0.717) is 8.58 Å². The summed E-state index contributed by atoms with van der Waals surface area (Å²) >= 11 is 0. The second kappa shape index (κ2) is 6.07. The molecule has 2 rings (SSSR count). The number of benzene rings is 1. The molecule has 19 heavy (non-hydrogen) atoms. The van der Waals surface area contributed by atoms with Crippen molar-refractivity contribution >= 4 is 31.7 Å². The summed E-state index contributed by atoms with van der Waals surface area (Å²) in [4.78, 5) is 32.7. The van der Waals surface area contributed by atoms with Crippen molar-refractivity contribution in [3.63, 3.8) is 0 Å². The van der Waals surface area contributed by atoms with Crippen molar-refractivity contribution in [1.82, 2.24) is 0 Å². The largest absolute Gasteiger partial charge is 0.233 e. The molecule has 92 valence electrons. The molecule has 2 atom stereocenters. The van der Waals surface area contributed by atoms with E-state index in [1.807, 2.05) is 30.3 Å². The van der Waals surface area contributed by atoms with Gasteiger partial charge < -0.3 is 0 Å². The van der Waals surface area contributed by atoms with Gasteiger partial charge in [-0.1, -0.05) is 45.0 Å². The fourth-order valence-electron chi connectivity index (χ4n) is 1.82. The first-order valence-corrected chi connectivity index (χ1v) is 6.63. The molecule has 3 nitrogen and oxygen atoms in total. The zero-order valence-electron chi connectivity index (χ0n) is 9.84. The third-order valence-corrected chi connectivity index (χ3v) is 4.18. The second-order valence-corrected chi connectivity index (χ2v) is 5.34. The van der Waals surface area contributed by atoms with Crippen molar-refractivity contribution in [2.45, 2.75) is 5.66 Å². The fraction of sp³-hybridized carbons (Fsp3) is 0.0667. The molecule has 0 fully saturated rings. The Morgan fingerprint density at radius 3 is 2.26 bits per heavy atom. The minimum atomic E-state index is -0.242. The van der Waals surface area contributed by atoms with Gasteiger partial charge in [-0.15, -0.1) is 0 Å². The fourth-order valence-corrected chi connectivity index (χ4v) is 3.10. The van der Waals surface area contributed by atoms with Crippen LogP contribution in [0.3, 0.4) is 0 Å². The van der Waals surface area contributed by atoms with Gasteiger partial charge in [-0.3, -0.25) is 0 Å². The molecule has 1 aliphatic carbocycles. The monoisotopic (exact) mass is 268 g/mol. The highest BCUT2D eigenvalue weighted by molar-refractivity contribution is 7.48. The molecule has 0 radical (unpaired) electrons. The van der Waals surface area contributed by atoms with Gasteiger partial charge in [-0.05, 0) is 11.4 Å². The van der Waals surface area contributed by atoms with Crippen LogP contribution in [0.2, 0.25) is 0 Å². The van der Waals surface area contributed by atoms with E-state index in [9.17, 15) is 14.4 Å². The van der Waals surface area contributed by atoms with Crippen molar-refractivity contribution < 1.29 is 14.4 Å². The van der Waals surface area contributed by atoms with Gasteiger partial charge in [-0.25, -0.2) is 14.4 Å². The molecule has 0 aliphatic heterocycles. The molecule has 4 heteroatoms. The summed E-state index contributed by atoms with van der Waals surface area (Å²) < 4.78 is 0. The Morgan fingerprint density at radius 2 is 1.68 bits per heavy atom. The van der Waals surface area contributed by atoms with Crippen molar-refractivity contribution in [3.8, 4) is 0 Å². The lowest BCUT2D eigenvalue weighted by Gasteiger charge is -2.18. The van der Waals surface area contributed by atoms with Crippen LogP contribution in [0.15, 0.2) is 59.2 Å². The molecule has 0 heterocycles. The molecular formula is C15H9O3P. The lowest BCUT2D eigenvalue weighted by Crippen LogP contribution is -2.15. The standard InChI is InChI=1S/C15H9O3P/c16-8-11-6-7-15(14(10-18)13(11)9-17)19-12-4-2-1-3-5-12/h1-7,15,19H. The van der Waals surface area contributed by atoms with Gasteiger partial charge in [0.2, 0.25) is 0 Å². The first-order chi connectivity index (χ1) is 9.30. The van der Waals surface area contributed by atoms with Crippen LogP contribution in [0, 0.1) is 0 Å². The van der Waals surface area contributed by atoms with E-state index in [1.54, 1.807) is 23.9 Å². The van der Waals surface area contributed by atoms with Crippen LogP contribution in [-0.4, -0.2) is 23.5 Å². The Kier molecular flexibility index (Phi) is 4.21. The average molecular weight is 268 g/mol. The molecule has 1 aliphatic rings. The number of carbonyl (C=O) groups excluding carboxylic acids is 3. The van der Waals surface area contributed by atoms with Gasteiger partial charge >= 0.3 is 0 Å². The maximum Gasteiger partial charge on any atom is 0.134 e. The lowest BCUT2D eigenvalue weighted by atomic mass is 9.93. The summed E-state index contributed by atoms with van der Waals surface area (Å²) in [6, 6.07) is 9.62. The molecule has 0 saturated heterocycles. The predicted octanol–water partition coefficient (Wildman–Crippen LogP) is 1.20. The summed E-state index contributed by atoms with van der Waals surface area (Å²) in [6.45, 7) is 0. The van der Waals surface area contributed by atoms with Crippen LogP contribution in [0.1, 0.15) is 0 Å². The summed E-state index contributed by atoms with van der Waals surface area (Å²) in [6.07, 6.45) is 3.24. The SMILES string of the molecule is O=C=C1C=CC(Pc2ccccc2)C(=C=O)C1=C=O. The van der Waals surface area contributed by atoms with Crippen LogP contribution >= 0.6 is 8.58 Å². The van der Waals surface area contributed by atoms with E-state index in [1.165, 1.54) is 6.08 Å². The Bertz CT molecular complexity index is 669. The molecule has 1 aromatic carbocycles. The van der Waals surface area contributed by atoms with Crippen LogP contribution in [-0.2, 0) is 14.4 Å². The normalized spacial score (nSPS) is 18.3. The highest BCUT2D eigenvalue weighted by Gasteiger charge is 2.25. The minimum absolute atomic E-state index is 0.0269. The molecule has 0 N–H and O–H groups in total. The van der Waals surface area contributed by atoms with Gasteiger partial charge in [0.1, 0.15) is 17.8 Å². The number of hydrogen-bond donors (Lipinski definition) is 0. The van der Waals surface area contributed by atoms with E-state index in [2.05, 4.69) is 0 Å². The van der Waals surface area contributed by atoms with Crippen LogP contribution in [0.5, 0.6) is 0 Å². The average Bonchev–Trinajstić information content (AvgIpc) is 2.47. The molecule has 0 amide bonds. The summed E-state index contributed by atoms with van der Waals surface area (Å²) in [5, 5.41) is 1.06. The van der Waals surface area contributed by atoms with E-state index in [0.717, 1.165) is 5.30 Å². The molecule has 1 aromatic rings. The maximum absolute atomic E-state index is 11.1. The number of rotatable bonds is 2. The molecular weight excluding hydrogens is 259 g/mol. The van der Waals surface area contributed by atoms with E-state index < -0.39 is 0 Å². The summed E-state index contributed by atoms with van der Waals surface area (Å²) in [5.41, 5.74) is -0.0325. The summed E-state index contributed by atoms with van der Waals surface area (Å²) in [5.74, 6) is 5.04. The van der Waals surface area contributed by atoms with Crippen LogP contribution in [0.25, 0.3) is 0 Å². The lowest BCUT2D eigenvalue weighted by molar-refractivity contribution is 0.562. The maximum atomic E-state index is 11.1. The number of allylic oxidation sites excluding steroid dienone is 5. The van der Waals surface area contributed by atoms with Crippen molar-refractivity contribution in [1.29, 1.82) is 0 Å². The Morgan fingerprint density at radius 1 is 0.947 bits per heavy atom. The first kappa shape index (κ1) is 13.2. The van der Waals surface area contributed by atoms with Gasteiger partial charge in [0.25, 0.3) is 0 Å². The van der Waals surface area contributed by atoms with Gasteiger partial charge in [-0.2, -0.15) is 0 Å². The van der Waals surface area contributed by atoms with E-state index in [4.69, 9.17) is 0 Å². The zero-order valence-corrected chi connectivity index (χ0v) is 10.8. The summed E-state index contributed by atoms with van der Waals surface area (Å²) in [7, 11) is 0.292. The molecule has 0 spiro atoms. The number of hydrogen-bond acceptors (Lipinski definition) is 3. The Labute approximate surface area is 111 Å². The van der Waals surface area contributed by atoms with E-state index in [-0.39, 0.29) is 22.4 Å². The van der Waals surface area contributed by atoms with Crippen molar-refractivity contribution in [2.24, 2.45) is 0 Å². The quantitative estimate of drug-likeness (QED) is 0.598. The zero-order chi connectivity index (χ0) is 13.7. The Hall–Kier alpha value is -2.26. The molecule has 2 unspecified atom stereocenters. The van der Waals surface area contributed by atoms with Crippen LogP contribution < -0.4 is 5.30 Å². The topological polar surface area (TPSA) is 51.2 Å². The van der Waals surface area contributed by atoms with Gasteiger partial charge in [0.15, 0.2) is 0 Å². The van der Waals surface area contributed by atoms with E-state index >= 15 is 0 Å². The minimum Gasteiger partial charge on any atom is -0.233 e. The van der Waals surface area contributed by atoms with Crippen LogP contribution in [0.4, 0.5) is 0 Å². The van der Waals surface area contributed by atoms with Gasteiger partial charge in [0, 0.05) is 5.66 Å². The molecule has 0 aromatic heterocycles. The highest BCUT2D eigenvalue weighted by Crippen LogP contribution is 2.34. The smallest absolute Gasteiger partial charge is 0.134 e. The van der Waals surface area contributed by atoms with Crippen molar-refractivity contribution in [2.75, 3.05) is 0 Å². The molecule has 0 bridgehead atoms. The third kappa shape index (κ3) is 2.77. The first-order valence-electron chi connectivity index (χ1n) is 5.56. The third-order valence-electron chi connectivity index (χ3n) is 2.72. The molecule has 0 saturated carbocycles.